The molecule has 1 amide bonds. The van der Waals surface area contributed by atoms with Gasteiger partial charge >= 0.3 is 0 Å². The van der Waals surface area contributed by atoms with Crippen LogP contribution in [0.3, 0.4) is 0 Å². The fraction of sp³-hybridized carbons (Fsp3) is 0.333. The highest BCUT2D eigenvalue weighted by Gasteiger charge is 2.24. The SMILES string of the molecule is Cc1ccc2[nH]c3c(c2c1)CCC(NC(=O)c1cc(C)on1)C3. The molecule has 0 aliphatic heterocycles. The van der Waals surface area contributed by atoms with Gasteiger partial charge in [-0.1, -0.05) is 16.8 Å². The Morgan fingerprint density at radius 2 is 2.22 bits per heavy atom. The van der Waals surface area contributed by atoms with E-state index in [1.807, 2.05) is 0 Å². The van der Waals surface area contributed by atoms with E-state index >= 15 is 0 Å². The molecule has 118 valence electrons. The number of nitrogens with one attached hydrogen (secondary N) is 2. The molecule has 1 atom stereocenters. The number of H-pyrrole nitrogens is 1. The van der Waals surface area contributed by atoms with Gasteiger partial charge in [0, 0.05) is 35.1 Å². The van der Waals surface area contributed by atoms with Crippen LogP contribution >= 0.6 is 0 Å². The number of fused-ring (bicyclic) bond motifs is 3. The van der Waals surface area contributed by atoms with Crippen molar-refractivity contribution in [3.8, 4) is 0 Å². The van der Waals surface area contributed by atoms with Crippen molar-refractivity contribution in [1.82, 2.24) is 15.5 Å². The highest BCUT2D eigenvalue weighted by atomic mass is 16.5. The number of hydrogen-bond donors (Lipinski definition) is 2. The van der Waals surface area contributed by atoms with Gasteiger partial charge in [-0.05, 0) is 44.4 Å². The third-order valence-electron chi connectivity index (χ3n) is 4.54. The highest BCUT2D eigenvalue weighted by molar-refractivity contribution is 5.92. The summed E-state index contributed by atoms with van der Waals surface area (Å²) in [4.78, 5) is 15.7. The van der Waals surface area contributed by atoms with Crippen LogP contribution in [0.15, 0.2) is 28.8 Å². The third-order valence-corrected chi connectivity index (χ3v) is 4.54. The average molecular weight is 309 g/mol. The average Bonchev–Trinajstić information content (AvgIpc) is 3.10. The van der Waals surface area contributed by atoms with Crippen molar-refractivity contribution < 1.29 is 9.32 Å². The van der Waals surface area contributed by atoms with Gasteiger partial charge in [-0.15, -0.1) is 0 Å². The maximum Gasteiger partial charge on any atom is 0.273 e. The van der Waals surface area contributed by atoms with E-state index in [1.165, 1.54) is 27.7 Å². The number of benzene rings is 1. The summed E-state index contributed by atoms with van der Waals surface area (Å²) in [7, 11) is 0. The van der Waals surface area contributed by atoms with Gasteiger partial charge in [0.2, 0.25) is 0 Å². The van der Waals surface area contributed by atoms with E-state index in [0.29, 0.717) is 11.5 Å². The maximum atomic E-state index is 12.2. The molecule has 1 aliphatic carbocycles. The lowest BCUT2D eigenvalue weighted by Gasteiger charge is -2.23. The normalized spacial score (nSPS) is 17.2. The molecule has 2 heterocycles. The van der Waals surface area contributed by atoms with Crippen LogP contribution < -0.4 is 5.32 Å². The summed E-state index contributed by atoms with van der Waals surface area (Å²) in [6.45, 7) is 3.90. The summed E-state index contributed by atoms with van der Waals surface area (Å²) in [6.07, 6.45) is 2.74. The van der Waals surface area contributed by atoms with Crippen molar-refractivity contribution in [3.05, 3.63) is 52.5 Å². The van der Waals surface area contributed by atoms with E-state index in [9.17, 15) is 4.79 Å². The predicted molar refractivity (Wildman–Crippen MR) is 87.6 cm³/mol. The molecule has 0 fully saturated rings. The molecule has 1 unspecified atom stereocenters. The Bertz CT molecular complexity index is 891. The fourth-order valence-electron chi connectivity index (χ4n) is 3.40. The number of rotatable bonds is 2. The minimum atomic E-state index is -0.165. The van der Waals surface area contributed by atoms with Gasteiger partial charge in [0.1, 0.15) is 5.76 Å². The Labute approximate surface area is 134 Å². The Morgan fingerprint density at radius 3 is 3.00 bits per heavy atom. The molecule has 23 heavy (non-hydrogen) atoms. The summed E-state index contributed by atoms with van der Waals surface area (Å²) in [5.74, 6) is 0.481. The molecule has 1 aromatic carbocycles. The van der Waals surface area contributed by atoms with Gasteiger partial charge in [-0.3, -0.25) is 4.79 Å². The number of aromatic amines is 1. The molecule has 2 N–H and O–H groups in total. The summed E-state index contributed by atoms with van der Waals surface area (Å²) in [5.41, 5.74) is 5.43. The Hall–Kier alpha value is -2.56. The van der Waals surface area contributed by atoms with Gasteiger partial charge < -0.3 is 14.8 Å². The lowest BCUT2D eigenvalue weighted by Crippen LogP contribution is -2.39. The summed E-state index contributed by atoms with van der Waals surface area (Å²) < 4.78 is 4.97. The van der Waals surface area contributed by atoms with Crippen LogP contribution in [0, 0.1) is 13.8 Å². The second-order valence-corrected chi connectivity index (χ2v) is 6.37. The first kappa shape index (κ1) is 14.1. The zero-order valence-corrected chi connectivity index (χ0v) is 13.3. The second kappa shape index (κ2) is 5.26. The molecular weight excluding hydrogens is 290 g/mol. The third kappa shape index (κ3) is 2.52. The van der Waals surface area contributed by atoms with Crippen molar-refractivity contribution in [2.45, 2.75) is 39.2 Å². The first-order chi connectivity index (χ1) is 11.1. The van der Waals surface area contributed by atoms with Crippen LogP contribution in [-0.2, 0) is 12.8 Å². The lowest BCUT2D eigenvalue weighted by atomic mass is 9.91. The van der Waals surface area contributed by atoms with E-state index < -0.39 is 0 Å². The zero-order valence-electron chi connectivity index (χ0n) is 13.3. The number of carbonyl (C=O) groups is 1. The second-order valence-electron chi connectivity index (χ2n) is 6.37. The van der Waals surface area contributed by atoms with E-state index in [4.69, 9.17) is 4.52 Å². The van der Waals surface area contributed by atoms with Crippen molar-refractivity contribution in [3.63, 3.8) is 0 Å². The molecule has 4 rings (SSSR count). The Balaban J connectivity index is 1.54. The van der Waals surface area contributed by atoms with Crippen molar-refractivity contribution in [2.24, 2.45) is 0 Å². The minimum Gasteiger partial charge on any atom is -0.361 e. The first-order valence-corrected chi connectivity index (χ1v) is 7.94. The standard InChI is InChI=1S/C18H19N3O2/c1-10-3-6-15-14(7-10)13-5-4-12(9-16(13)20-15)19-18(22)17-8-11(2)23-21-17/h3,6-8,12,20H,4-5,9H2,1-2H3,(H,19,22). The van der Waals surface area contributed by atoms with Crippen molar-refractivity contribution in [2.75, 3.05) is 0 Å². The molecule has 0 spiro atoms. The Morgan fingerprint density at radius 1 is 1.35 bits per heavy atom. The van der Waals surface area contributed by atoms with Crippen LogP contribution in [-0.4, -0.2) is 22.1 Å². The molecule has 5 nitrogen and oxygen atoms in total. The van der Waals surface area contributed by atoms with E-state index in [-0.39, 0.29) is 11.9 Å². The number of nitrogens with zero attached hydrogens (tertiary/aromatic N) is 1. The smallest absolute Gasteiger partial charge is 0.273 e. The van der Waals surface area contributed by atoms with Gasteiger partial charge in [0.15, 0.2) is 5.69 Å². The first-order valence-electron chi connectivity index (χ1n) is 7.94. The summed E-state index contributed by atoms with van der Waals surface area (Å²) in [5, 5.41) is 8.16. The van der Waals surface area contributed by atoms with Gasteiger partial charge in [-0.2, -0.15) is 0 Å². The Kier molecular flexibility index (Phi) is 3.22. The summed E-state index contributed by atoms with van der Waals surface area (Å²) >= 11 is 0. The van der Waals surface area contributed by atoms with Crippen LogP contribution in [0.25, 0.3) is 10.9 Å². The van der Waals surface area contributed by atoms with E-state index in [0.717, 1.165) is 19.3 Å². The molecule has 0 saturated carbocycles. The number of amides is 1. The number of aryl methyl sites for hydroxylation is 3. The fourth-order valence-corrected chi connectivity index (χ4v) is 3.40. The zero-order chi connectivity index (χ0) is 16.0. The van der Waals surface area contributed by atoms with E-state index in [2.05, 4.69) is 40.6 Å². The largest absolute Gasteiger partial charge is 0.361 e. The molecule has 0 saturated heterocycles. The van der Waals surface area contributed by atoms with E-state index in [1.54, 1.807) is 13.0 Å². The molecule has 0 bridgehead atoms. The number of carbonyl (C=O) groups excluding carboxylic acids is 1. The minimum absolute atomic E-state index is 0.126. The molecule has 2 aromatic heterocycles. The quantitative estimate of drug-likeness (QED) is 0.764. The van der Waals surface area contributed by atoms with Gasteiger partial charge in [0.25, 0.3) is 5.91 Å². The monoisotopic (exact) mass is 309 g/mol. The molecule has 1 aliphatic rings. The highest BCUT2D eigenvalue weighted by Crippen LogP contribution is 2.29. The van der Waals surface area contributed by atoms with Gasteiger partial charge in [0.05, 0.1) is 0 Å². The van der Waals surface area contributed by atoms with Gasteiger partial charge in [-0.25, -0.2) is 0 Å². The van der Waals surface area contributed by atoms with Crippen molar-refractivity contribution in [1.29, 1.82) is 0 Å². The lowest BCUT2D eigenvalue weighted by molar-refractivity contribution is 0.0924. The van der Waals surface area contributed by atoms with Crippen LogP contribution in [0.5, 0.6) is 0 Å². The van der Waals surface area contributed by atoms with Crippen LogP contribution in [0.4, 0.5) is 0 Å². The predicted octanol–water partition coefficient (Wildman–Crippen LogP) is 3.06. The van der Waals surface area contributed by atoms with Crippen LogP contribution in [0.1, 0.15) is 39.5 Å². The molecule has 0 radical (unpaired) electrons. The summed E-state index contributed by atoms with van der Waals surface area (Å²) in [6, 6.07) is 8.28. The van der Waals surface area contributed by atoms with Crippen molar-refractivity contribution >= 4 is 16.8 Å². The maximum absolute atomic E-state index is 12.2. The number of hydrogen-bond acceptors (Lipinski definition) is 3. The number of aromatic nitrogens is 2. The molecular formula is C18H19N3O2. The van der Waals surface area contributed by atoms with Crippen LogP contribution in [0.2, 0.25) is 0 Å². The molecule has 5 heteroatoms. The topological polar surface area (TPSA) is 70.9 Å². The molecule has 3 aromatic rings.